The average molecular weight is 984 g/mol. The van der Waals surface area contributed by atoms with Crippen LogP contribution in [-0.2, 0) is 52.8 Å². The molecule has 4 amide bonds. The number of aromatic nitrogens is 2. The topological polar surface area (TPSA) is 185 Å². The molecule has 6 atom stereocenters. The smallest absolute Gasteiger partial charge is 0.410 e. The van der Waals surface area contributed by atoms with Crippen molar-refractivity contribution in [2.24, 2.45) is 17.3 Å². The first-order chi connectivity index (χ1) is 34.4. The highest BCUT2D eigenvalue weighted by Crippen LogP contribution is 2.43. The zero-order valence-electron chi connectivity index (χ0n) is 42.9. The van der Waals surface area contributed by atoms with Crippen molar-refractivity contribution in [2.75, 3.05) is 41.0 Å². The summed E-state index contributed by atoms with van der Waals surface area (Å²) in [6.07, 6.45) is 2.70. The second kappa shape index (κ2) is 21.5. The van der Waals surface area contributed by atoms with Crippen LogP contribution < -0.4 is 10.7 Å². The number of fused-ring (bicyclic) bond motifs is 6. The molecule has 3 aliphatic rings. The molecule has 3 aliphatic heterocycles. The van der Waals surface area contributed by atoms with Gasteiger partial charge in [-0.25, -0.2) is 10.2 Å². The molecule has 72 heavy (non-hydrogen) atoms. The number of aromatic hydroxyl groups is 1. The molecule has 6 bridgehead atoms. The number of carbonyl (C=O) groups is 5. The van der Waals surface area contributed by atoms with Gasteiger partial charge in [0.2, 0.25) is 11.8 Å². The monoisotopic (exact) mass is 984 g/mol. The summed E-state index contributed by atoms with van der Waals surface area (Å²) in [4.78, 5) is 79.2. The van der Waals surface area contributed by atoms with Crippen LogP contribution in [0.2, 0.25) is 0 Å². The third-order valence-corrected chi connectivity index (χ3v) is 14.6. The van der Waals surface area contributed by atoms with Crippen molar-refractivity contribution in [3.63, 3.8) is 0 Å². The Morgan fingerprint density at radius 2 is 1.74 bits per heavy atom. The Morgan fingerprint density at radius 1 is 0.972 bits per heavy atom. The van der Waals surface area contributed by atoms with Crippen LogP contribution in [-0.4, -0.2) is 118 Å². The summed E-state index contributed by atoms with van der Waals surface area (Å²) in [5, 5.41) is 16.8. The van der Waals surface area contributed by atoms with Gasteiger partial charge in [0.25, 0.3) is 5.91 Å². The molecule has 2 fully saturated rings. The van der Waals surface area contributed by atoms with E-state index in [0.717, 1.165) is 44.5 Å². The number of aryl methyl sites for hydroxylation is 1. The van der Waals surface area contributed by atoms with Crippen LogP contribution >= 0.6 is 0 Å². The van der Waals surface area contributed by atoms with E-state index in [1.165, 1.54) is 17.0 Å². The molecular weight excluding hydrogens is 915 g/mol. The van der Waals surface area contributed by atoms with Gasteiger partial charge < -0.3 is 39.0 Å². The van der Waals surface area contributed by atoms with Gasteiger partial charge in [0.1, 0.15) is 23.9 Å². The number of likely N-dealkylation sites (N-methyl/N-ethyl adjacent to an activating group) is 1. The van der Waals surface area contributed by atoms with Gasteiger partial charge in [-0.3, -0.25) is 29.2 Å². The SMILES string of the molecule is CCn1c(-c2cccnc2[C@H](C)OC)c2c3cc(ccc31)-c1cc(O)cc(c1)C[C@H](NC(=O)[C@H](C(C)C)N(C)C(=O)[C@@H]1CCN(C(=O)OC)[C@@H]1c1ccccc1)C(=O)N1CCC[C@H](N1)C(=O)OCC(C)(C)C2. The number of phenolic OH excluding ortho intramolecular Hbond substituents is 1. The minimum Gasteiger partial charge on any atom is -0.508 e. The molecule has 16 nitrogen and oxygen atoms in total. The van der Waals surface area contributed by atoms with Gasteiger partial charge in [-0.1, -0.05) is 70.2 Å². The third-order valence-electron chi connectivity index (χ3n) is 14.6. The fourth-order valence-corrected chi connectivity index (χ4v) is 11.1. The molecule has 3 aromatic carbocycles. The van der Waals surface area contributed by atoms with Crippen LogP contribution in [0.25, 0.3) is 33.3 Å². The Morgan fingerprint density at radius 3 is 2.44 bits per heavy atom. The highest BCUT2D eigenvalue weighted by molar-refractivity contribution is 5.96. The molecule has 16 heteroatoms. The molecule has 2 aromatic heterocycles. The zero-order chi connectivity index (χ0) is 51.6. The minimum absolute atomic E-state index is 0.0221. The lowest BCUT2D eigenvalue weighted by Crippen LogP contribution is -2.62. The maximum atomic E-state index is 14.9. The van der Waals surface area contributed by atoms with Gasteiger partial charge in [-0.15, -0.1) is 0 Å². The van der Waals surface area contributed by atoms with Crippen molar-refractivity contribution in [2.45, 2.75) is 110 Å². The number of nitrogens with zero attached hydrogens (tertiary/aromatic N) is 5. The quantitative estimate of drug-likeness (QED) is 0.116. The van der Waals surface area contributed by atoms with Crippen LogP contribution in [0.5, 0.6) is 5.75 Å². The molecule has 0 unspecified atom stereocenters. The van der Waals surface area contributed by atoms with E-state index < -0.39 is 65.3 Å². The largest absolute Gasteiger partial charge is 0.508 e. The number of ether oxygens (including phenoxy) is 3. The number of amides is 4. The second-order valence-electron chi connectivity index (χ2n) is 20.6. The van der Waals surface area contributed by atoms with Crippen LogP contribution in [0.15, 0.2) is 85.1 Å². The fourth-order valence-electron chi connectivity index (χ4n) is 11.1. The number of carbonyl (C=O) groups excluding carboxylic acids is 5. The summed E-state index contributed by atoms with van der Waals surface area (Å²) in [5.74, 6) is -2.97. The Kier molecular flexibility index (Phi) is 15.4. The summed E-state index contributed by atoms with van der Waals surface area (Å²) in [5.41, 5.74) is 10.2. The van der Waals surface area contributed by atoms with E-state index in [1.54, 1.807) is 37.4 Å². The maximum Gasteiger partial charge on any atom is 0.410 e. The summed E-state index contributed by atoms with van der Waals surface area (Å²) in [7, 11) is 4.56. The van der Waals surface area contributed by atoms with E-state index in [0.29, 0.717) is 43.4 Å². The van der Waals surface area contributed by atoms with Gasteiger partial charge in [0, 0.05) is 68.3 Å². The molecule has 0 radical (unpaired) electrons. The number of hydrogen-bond acceptors (Lipinski definition) is 11. The van der Waals surface area contributed by atoms with Gasteiger partial charge >= 0.3 is 12.1 Å². The minimum atomic E-state index is -1.20. The van der Waals surface area contributed by atoms with Gasteiger partial charge in [-0.2, -0.15) is 0 Å². The van der Waals surface area contributed by atoms with Crippen molar-refractivity contribution < 1.29 is 43.3 Å². The lowest BCUT2D eigenvalue weighted by molar-refractivity contribution is -0.155. The summed E-state index contributed by atoms with van der Waals surface area (Å²) in [6.45, 7) is 13.2. The summed E-state index contributed by atoms with van der Waals surface area (Å²) < 4.78 is 19.4. The normalized spacial score (nSPS) is 21.2. The van der Waals surface area contributed by atoms with Crippen LogP contribution in [0.1, 0.15) is 95.3 Å². The molecule has 0 aliphatic carbocycles. The van der Waals surface area contributed by atoms with E-state index in [4.69, 9.17) is 19.2 Å². The van der Waals surface area contributed by atoms with Crippen LogP contribution in [0.4, 0.5) is 4.79 Å². The first kappa shape index (κ1) is 51.6. The molecule has 0 spiro atoms. The highest BCUT2D eigenvalue weighted by Gasteiger charge is 2.46. The number of esters is 1. The second-order valence-corrected chi connectivity index (χ2v) is 20.6. The number of cyclic esters (lactones) is 1. The standard InChI is InChI=1S/C56H69N7O9/c1-10-61-46-21-20-37-30-42(46)43(50(61)40-18-14-23-57-47(40)34(4)70-8)31-56(5,6)32-72-54(68)44-19-15-24-63(59-44)53(67)45(28-35-26-38(37)29-39(64)27-35)58-51(65)48(33(2)3)60(7)52(66)41-22-25-62(55(69)71-9)49(41)36-16-12-11-13-17-36/h11-14,16-18,20-21,23,26-27,29-30,33-34,41,44-45,48-49,59,64H,10,15,19,22,24-25,28,31-32H2,1-9H3,(H,58,65)/t34-,41+,44-,45-,48-,49+/m0/s1. The lowest BCUT2D eigenvalue weighted by Gasteiger charge is -2.37. The number of nitrogens with one attached hydrogen (secondary N) is 2. The molecule has 5 aromatic rings. The van der Waals surface area contributed by atoms with E-state index in [1.807, 2.05) is 69.3 Å². The number of benzene rings is 3. The van der Waals surface area contributed by atoms with Crippen LogP contribution in [0.3, 0.4) is 0 Å². The number of methoxy groups -OCH3 is 2. The van der Waals surface area contributed by atoms with Gasteiger partial charge in [0.05, 0.1) is 43.2 Å². The molecule has 3 N–H and O–H groups in total. The van der Waals surface area contributed by atoms with Gasteiger partial charge in [-0.05, 0) is 110 Å². The number of rotatable bonds is 10. The van der Waals surface area contributed by atoms with E-state index in [2.05, 4.69) is 54.3 Å². The maximum absolute atomic E-state index is 14.9. The van der Waals surface area contributed by atoms with Crippen molar-refractivity contribution in [3.05, 3.63) is 107 Å². The molecule has 0 saturated carbocycles. The van der Waals surface area contributed by atoms with Crippen molar-refractivity contribution in [3.8, 4) is 28.1 Å². The molecule has 382 valence electrons. The summed E-state index contributed by atoms with van der Waals surface area (Å²) >= 11 is 0. The zero-order valence-corrected chi connectivity index (χ0v) is 42.9. The van der Waals surface area contributed by atoms with Crippen molar-refractivity contribution in [1.82, 2.24) is 35.1 Å². The fraction of sp³-hybridized carbons (Fsp3) is 0.464. The summed E-state index contributed by atoms with van der Waals surface area (Å²) in [6, 6.07) is 21.1. The Labute approximate surface area is 422 Å². The third kappa shape index (κ3) is 10.4. The lowest BCUT2D eigenvalue weighted by atomic mass is 9.84. The number of hydrazine groups is 1. The van der Waals surface area contributed by atoms with Crippen LogP contribution in [0, 0.1) is 17.3 Å². The molecule has 8 rings (SSSR count). The molecular formula is C56H69N7O9. The predicted octanol–water partition coefficient (Wildman–Crippen LogP) is 7.76. The Bertz CT molecular complexity index is 2830. The Balaban J connectivity index is 1.19. The van der Waals surface area contributed by atoms with E-state index in [9.17, 15) is 29.1 Å². The number of likely N-dealkylation sites (tertiary alicyclic amines) is 1. The first-order valence-electron chi connectivity index (χ1n) is 25.1. The molecule has 2 saturated heterocycles. The average Bonchev–Trinajstić information content (AvgIpc) is 3.95. The van der Waals surface area contributed by atoms with E-state index >= 15 is 0 Å². The number of phenols is 1. The van der Waals surface area contributed by atoms with Crippen molar-refractivity contribution >= 4 is 40.7 Å². The molecule has 5 heterocycles. The predicted molar refractivity (Wildman–Crippen MR) is 273 cm³/mol. The van der Waals surface area contributed by atoms with Crippen molar-refractivity contribution in [1.29, 1.82) is 0 Å². The van der Waals surface area contributed by atoms with E-state index in [-0.39, 0.29) is 43.9 Å². The van der Waals surface area contributed by atoms with Gasteiger partial charge in [0.15, 0.2) is 0 Å². The first-order valence-corrected chi connectivity index (χ1v) is 25.1. The number of pyridine rings is 1. The highest BCUT2D eigenvalue weighted by atomic mass is 16.5. The Hall–Kier alpha value is -6.78. The number of hydrogen-bond donors (Lipinski definition) is 3.